The first-order chi connectivity index (χ1) is 6.18. The molecule has 2 nitrogen and oxygen atoms in total. The van der Waals surface area contributed by atoms with Crippen LogP contribution in [0.4, 0.5) is 5.82 Å². The second-order valence-electron chi connectivity index (χ2n) is 3.00. The lowest BCUT2D eigenvalue weighted by molar-refractivity contribution is 1.34. The predicted molar refractivity (Wildman–Crippen MR) is 58.6 cm³/mol. The van der Waals surface area contributed by atoms with Gasteiger partial charge in [-0.3, -0.25) is 0 Å². The number of pyridine rings is 1. The lowest BCUT2D eigenvalue weighted by Crippen LogP contribution is -1.94. The average molecular weight is 237 g/mol. The van der Waals surface area contributed by atoms with E-state index >= 15 is 0 Å². The van der Waals surface area contributed by atoms with E-state index in [1.54, 1.807) is 0 Å². The molecule has 0 radical (unpaired) electrons. The van der Waals surface area contributed by atoms with E-state index < -0.39 is 0 Å². The van der Waals surface area contributed by atoms with Crippen molar-refractivity contribution in [2.45, 2.75) is 6.92 Å². The Hall–Kier alpha value is -1.09. The second kappa shape index (κ2) is 3.00. The van der Waals surface area contributed by atoms with E-state index in [0.29, 0.717) is 5.82 Å². The van der Waals surface area contributed by atoms with E-state index in [2.05, 4.69) is 20.9 Å². The normalized spacial score (nSPS) is 10.6. The van der Waals surface area contributed by atoms with Gasteiger partial charge in [0, 0.05) is 9.86 Å². The summed E-state index contributed by atoms with van der Waals surface area (Å²) in [6.07, 6.45) is 0. The Bertz CT molecular complexity index is 466. The molecule has 0 atom stereocenters. The SMILES string of the molecule is Cc1cc2cccc(Br)c2nc1N. The third-order valence-electron chi connectivity index (χ3n) is 2.03. The van der Waals surface area contributed by atoms with E-state index in [0.717, 1.165) is 20.9 Å². The summed E-state index contributed by atoms with van der Waals surface area (Å²) in [5.74, 6) is 0.597. The number of nitrogens with two attached hydrogens (primary N) is 1. The largest absolute Gasteiger partial charge is 0.383 e. The fraction of sp³-hybridized carbons (Fsp3) is 0.100. The van der Waals surface area contributed by atoms with E-state index in [1.807, 2.05) is 31.2 Å². The van der Waals surface area contributed by atoms with Gasteiger partial charge in [-0.1, -0.05) is 12.1 Å². The van der Waals surface area contributed by atoms with Gasteiger partial charge in [0.25, 0.3) is 0 Å². The first-order valence-corrected chi connectivity index (χ1v) is 4.79. The van der Waals surface area contributed by atoms with Gasteiger partial charge in [0.15, 0.2) is 0 Å². The molecule has 1 heterocycles. The number of para-hydroxylation sites is 1. The highest BCUT2D eigenvalue weighted by molar-refractivity contribution is 9.10. The summed E-state index contributed by atoms with van der Waals surface area (Å²) in [6, 6.07) is 8.02. The summed E-state index contributed by atoms with van der Waals surface area (Å²) in [4.78, 5) is 4.31. The molecule has 0 bridgehead atoms. The third-order valence-corrected chi connectivity index (χ3v) is 2.67. The maximum absolute atomic E-state index is 5.72. The highest BCUT2D eigenvalue weighted by atomic mass is 79.9. The van der Waals surface area contributed by atoms with Crippen molar-refractivity contribution in [2.24, 2.45) is 0 Å². The third kappa shape index (κ3) is 1.40. The Morgan fingerprint density at radius 2 is 2.15 bits per heavy atom. The van der Waals surface area contributed by atoms with Crippen LogP contribution < -0.4 is 5.73 Å². The molecule has 0 spiro atoms. The van der Waals surface area contributed by atoms with Crippen LogP contribution in [0.25, 0.3) is 10.9 Å². The first kappa shape index (κ1) is 8.51. The molecule has 1 aromatic heterocycles. The number of hydrogen-bond donors (Lipinski definition) is 1. The van der Waals surface area contributed by atoms with E-state index in [9.17, 15) is 0 Å². The number of aryl methyl sites for hydroxylation is 1. The molecule has 2 aromatic rings. The number of benzene rings is 1. The fourth-order valence-electron chi connectivity index (χ4n) is 1.28. The minimum absolute atomic E-state index is 0.597. The maximum Gasteiger partial charge on any atom is 0.127 e. The van der Waals surface area contributed by atoms with Crippen molar-refractivity contribution in [3.8, 4) is 0 Å². The summed E-state index contributed by atoms with van der Waals surface area (Å²) < 4.78 is 0.983. The van der Waals surface area contributed by atoms with Crippen molar-refractivity contribution in [1.82, 2.24) is 4.98 Å². The zero-order chi connectivity index (χ0) is 9.42. The topological polar surface area (TPSA) is 38.9 Å². The standard InChI is InChI=1S/C10H9BrN2/c1-6-5-7-3-2-4-8(11)9(7)13-10(6)12/h2-5H,1H3,(H2,12,13). The molecular formula is C10H9BrN2. The van der Waals surface area contributed by atoms with Crippen LogP contribution in [-0.4, -0.2) is 4.98 Å². The van der Waals surface area contributed by atoms with Gasteiger partial charge < -0.3 is 5.73 Å². The van der Waals surface area contributed by atoms with Crippen molar-refractivity contribution in [2.75, 3.05) is 5.73 Å². The molecule has 0 aliphatic heterocycles. The fourth-order valence-corrected chi connectivity index (χ4v) is 1.75. The Balaban J connectivity index is 2.89. The van der Waals surface area contributed by atoms with Crippen LogP contribution in [0.3, 0.4) is 0 Å². The minimum Gasteiger partial charge on any atom is -0.383 e. The van der Waals surface area contributed by atoms with Crippen molar-refractivity contribution in [3.05, 3.63) is 34.3 Å². The summed E-state index contributed by atoms with van der Waals surface area (Å²) >= 11 is 3.44. The van der Waals surface area contributed by atoms with Crippen LogP contribution in [0.5, 0.6) is 0 Å². The number of nitrogens with zero attached hydrogens (tertiary/aromatic N) is 1. The highest BCUT2D eigenvalue weighted by Gasteiger charge is 2.02. The molecule has 0 aliphatic rings. The maximum atomic E-state index is 5.72. The number of hydrogen-bond acceptors (Lipinski definition) is 2. The predicted octanol–water partition coefficient (Wildman–Crippen LogP) is 2.89. The minimum atomic E-state index is 0.597. The van der Waals surface area contributed by atoms with E-state index in [4.69, 9.17) is 5.73 Å². The van der Waals surface area contributed by atoms with Crippen LogP contribution in [0.1, 0.15) is 5.56 Å². The number of aromatic nitrogens is 1. The monoisotopic (exact) mass is 236 g/mol. The van der Waals surface area contributed by atoms with Crippen LogP contribution in [0, 0.1) is 6.92 Å². The van der Waals surface area contributed by atoms with Crippen LogP contribution in [0.2, 0.25) is 0 Å². The summed E-state index contributed by atoms with van der Waals surface area (Å²) in [5, 5.41) is 1.11. The Kier molecular flexibility index (Phi) is 1.96. The summed E-state index contributed by atoms with van der Waals surface area (Å²) in [5.41, 5.74) is 7.66. The molecule has 0 unspecified atom stereocenters. The van der Waals surface area contributed by atoms with Crippen LogP contribution in [-0.2, 0) is 0 Å². The van der Waals surface area contributed by atoms with Gasteiger partial charge >= 0.3 is 0 Å². The molecule has 3 heteroatoms. The van der Waals surface area contributed by atoms with Gasteiger partial charge in [-0.15, -0.1) is 0 Å². The number of anilines is 1. The average Bonchev–Trinajstić information content (AvgIpc) is 2.09. The van der Waals surface area contributed by atoms with Crippen LogP contribution in [0.15, 0.2) is 28.7 Å². The molecule has 0 amide bonds. The summed E-state index contributed by atoms with van der Waals surface area (Å²) in [7, 11) is 0. The number of rotatable bonds is 0. The molecule has 0 fully saturated rings. The van der Waals surface area contributed by atoms with Crippen LogP contribution >= 0.6 is 15.9 Å². The van der Waals surface area contributed by atoms with Gasteiger partial charge in [0.2, 0.25) is 0 Å². The van der Waals surface area contributed by atoms with E-state index in [-0.39, 0.29) is 0 Å². The molecule has 2 rings (SSSR count). The quantitative estimate of drug-likeness (QED) is 0.765. The lowest BCUT2D eigenvalue weighted by Gasteiger charge is -2.03. The molecule has 66 valence electrons. The van der Waals surface area contributed by atoms with Crippen molar-refractivity contribution < 1.29 is 0 Å². The zero-order valence-electron chi connectivity index (χ0n) is 7.21. The Morgan fingerprint density at radius 3 is 2.92 bits per heavy atom. The second-order valence-corrected chi connectivity index (χ2v) is 3.86. The van der Waals surface area contributed by atoms with Gasteiger partial charge in [-0.2, -0.15) is 0 Å². The molecule has 0 saturated carbocycles. The first-order valence-electron chi connectivity index (χ1n) is 4.00. The molecule has 0 saturated heterocycles. The number of nitrogen functional groups attached to an aromatic ring is 1. The van der Waals surface area contributed by atoms with Crippen molar-refractivity contribution in [3.63, 3.8) is 0 Å². The molecule has 2 N–H and O–H groups in total. The number of fused-ring (bicyclic) bond motifs is 1. The zero-order valence-corrected chi connectivity index (χ0v) is 8.80. The smallest absolute Gasteiger partial charge is 0.127 e. The Morgan fingerprint density at radius 1 is 1.38 bits per heavy atom. The Labute approximate surface area is 84.9 Å². The van der Waals surface area contributed by atoms with Gasteiger partial charge in [-0.25, -0.2) is 4.98 Å². The van der Waals surface area contributed by atoms with E-state index in [1.165, 1.54) is 0 Å². The highest BCUT2D eigenvalue weighted by Crippen LogP contribution is 2.24. The molecule has 0 aliphatic carbocycles. The number of halogens is 1. The lowest BCUT2D eigenvalue weighted by atomic mass is 10.1. The van der Waals surface area contributed by atoms with Crippen molar-refractivity contribution >= 4 is 32.7 Å². The van der Waals surface area contributed by atoms with Gasteiger partial charge in [0.1, 0.15) is 5.82 Å². The molecular weight excluding hydrogens is 228 g/mol. The summed E-state index contributed by atoms with van der Waals surface area (Å²) in [6.45, 7) is 1.96. The molecule has 13 heavy (non-hydrogen) atoms. The molecule has 1 aromatic carbocycles. The van der Waals surface area contributed by atoms with Crippen molar-refractivity contribution in [1.29, 1.82) is 0 Å². The van der Waals surface area contributed by atoms with Gasteiger partial charge in [0.05, 0.1) is 5.52 Å². The van der Waals surface area contributed by atoms with Gasteiger partial charge in [-0.05, 0) is 40.5 Å².